The molecule has 0 spiro atoms. The first-order chi connectivity index (χ1) is 19.0. The number of phosphoric ester groups is 1. The first kappa shape index (κ1) is 26.3. The average molecular weight is 535 g/mol. The normalized spacial score (nSPS) is 11.3. The van der Waals surface area contributed by atoms with Gasteiger partial charge in [0.05, 0.1) is 0 Å². The SMILES string of the molecule is CC(C)Cc1ccccc1OP(=O)(Oc1ccccc1-c1ccccc1)Oc1ccccc1-c1ccccc1. The number of para-hydroxylation sites is 3. The predicted molar refractivity (Wildman–Crippen MR) is 158 cm³/mol. The van der Waals surface area contributed by atoms with Gasteiger partial charge in [0.15, 0.2) is 0 Å². The van der Waals surface area contributed by atoms with Crippen molar-refractivity contribution in [3.05, 3.63) is 139 Å². The summed E-state index contributed by atoms with van der Waals surface area (Å²) in [7, 11) is -4.25. The van der Waals surface area contributed by atoms with Crippen molar-refractivity contribution in [2.75, 3.05) is 0 Å². The minimum Gasteiger partial charge on any atom is -0.386 e. The van der Waals surface area contributed by atoms with Crippen molar-refractivity contribution in [1.29, 1.82) is 0 Å². The van der Waals surface area contributed by atoms with E-state index in [0.717, 1.165) is 34.2 Å². The van der Waals surface area contributed by atoms with Gasteiger partial charge in [0.2, 0.25) is 0 Å². The molecule has 5 heteroatoms. The van der Waals surface area contributed by atoms with Crippen LogP contribution < -0.4 is 13.6 Å². The topological polar surface area (TPSA) is 44.8 Å². The van der Waals surface area contributed by atoms with Crippen LogP contribution in [0.4, 0.5) is 0 Å². The summed E-state index contributed by atoms with van der Waals surface area (Å²) in [6.07, 6.45) is 0.761. The van der Waals surface area contributed by atoms with E-state index in [-0.39, 0.29) is 0 Å². The summed E-state index contributed by atoms with van der Waals surface area (Å²) in [6, 6.07) is 42.2. The number of benzene rings is 5. The van der Waals surface area contributed by atoms with E-state index in [2.05, 4.69) is 13.8 Å². The summed E-state index contributed by atoms with van der Waals surface area (Å²) < 4.78 is 33.4. The lowest BCUT2D eigenvalue weighted by Crippen LogP contribution is -2.10. The maximum Gasteiger partial charge on any atom is 0.647 e. The number of phosphoric acid groups is 1. The van der Waals surface area contributed by atoms with Gasteiger partial charge >= 0.3 is 7.82 Å². The molecule has 4 nitrogen and oxygen atoms in total. The van der Waals surface area contributed by atoms with Crippen LogP contribution in [0.1, 0.15) is 19.4 Å². The van der Waals surface area contributed by atoms with Gasteiger partial charge < -0.3 is 13.6 Å². The average Bonchev–Trinajstić information content (AvgIpc) is 2.95. The molecule has 0 N–H and O–H groups in total. The zero-order valence-electron chi connectivity index (χ0n) is 22.1. The Morgan fingerprint density at radius 2 is 0.897 bits per heavy atom. The van der Waals surface area contributed by atoms with Crippen molar-refractivity contribution >= 4 is 7.82 Å². The predicted octanol–water partition coefficient (Wildman–Crippen LogP) is 9.86. The molecule has 196 valence electrons. The van der Waals surface area contributed by atoms with Crippen LogP contribution in [0.2, 0.25) is 0 Å². The molecule has 0 aliphatic rings. The van der Waals surface area contributed by atoms with Crippen LogP contribution in [-0.2, 0) is 11.0 Å². The van der Waals surface area contributed by atoms with Gasteiger partial charge in [-0.3, -0.25) is 0 Å². The quantitative estimate of drug-likeness (QED) is 0.167. The van der Waals surface area contributed by atoms with Crippen LogP contribution >= 0.6 is 7.82 Å². The van der Waals surface area contributed by atoms with E-state index in [4.69, 9.17) is 13.6 Å². The van der Waals surface area contributed by atoms with E-state index in [9.17, 15) is 4.57 Å². The van der Waals surface area contributed by atoms with Gasteiger partial charge in [-0.15, -0.1) is 0 Å². The van der Waals surface area contributed by atoms with Crippen LogP contribution in [-0.4, -0.2) is 0 Å². The van der Waals surface area contributed by atoms with Crippen molar-refractivity contribution in [1.82, 2.24) is 0 Å². The minimum atomic E-state index is -4.25. The highest BCUT2D eigenvalue weighted by atomic mass is 31.2. The number of rotatable bonds is 10. The third kappa shape index (κ3) is 6.60. The summed E-state index contributed by atoms with van der Waals surface area (Å²) in [5, 5.41) is 0. The van der Waals surface area contributed by atoms with Crippen LogP contribution in [0, 0.1) is 5.92 Å². The molecule has 5 rings (SSSR count). The molecule has 0 saturated heterocycles. The van der Waals surface area contributed by atoms with E-state index in [1.54, 1.807) is 12.1 Å². The summed E-state index contributed by atoms with van der Waals surface area (Å²) in [6.45, 7) is 4.27. The summed E-state index contributed by atoms with van der Waals surface area (Å²) >= 11 is 0. The second-order valence-electron chi connectivity index (χ2n) is 9.65. The number of hydrogen-bond donors (Lipinski definition) is 0. The minimum absolute atomic E-state index is 0.383. The highest BCUT2D eigenvalue weighted by Gasteiger charge is 2.35. The maximum atomic E-state index is 14.7. The Kier molecular flexibility index (Phi) is 8.15. The Morgan fingerprint density at radius 1 is 0.513 bits per heavy atom. The van der Waals surface area contributed by atoms with E-state index in [1.165, 1.54) is 0 Å². The van der Waals surface area contributed by atoms with Gasteiger partial charge in [-0.1, -0.05) is 129 Å². The zero-order valence-corrected chi connectivity index (χ0v) is 23.0. The third-order valence-corrected chi connectivity index (χ3v) is 7.44. The lowest BCUT2D eigenvalue weighted by atomic mass is 10.0. The molecule has 0 saturated carbocycles. The van der Waals surface area contributed by atoms with Crippen LogP contribution in [0.3, 0.4) is 0 Å². The van der Waals surface area contributed by atoms with Crippen LogP contribution in [0.25, 0.3) is 22.3 Å². The molecule has 0 aliphatic carbocycles. The maximum absolute atomic E-state index is 14.7. The summed E-state index contributed by atoms with van der Waals surface area (Å²) in [5.41, 5.74) is 4.39. The van der Waals surface area contributed by atoms with E-state index >= 15 is 0 Å². The fourth-order valence-corrected chi connectivity index (χ4v) is 5.75. The molecule has 0 heterocycles. The molecular formula is C34H31O4P. The van der Waals surface area contributed by atoms with E-state index in [1.807, 2.05) is 121 Å². The summed E-state index contributed by atoms with van der Waals surface area (Å²) in [4.78, 5) is 0. The summed E-state index contributed by atoms with van der Waals surface area (Å²) in [5.74, 6) is 1.67. The Hall–Kier alpha value is -4.27. The van der Waals surface area contributed by atoms with Crippen molar-refractivity contribution < 1.29 is 18.1 Å². The fraction of sp³-hybridized carbons (Fsp3) is 0.118. The molecule has 0 bridgehead atoms. The Labute approximate surface area is 230 Å². The highest BCUT2D eigenvalue weighted by Crippen LogP contribution is 2.53. The third-order valence-electron chi connectivity index (χ3n) is 6.17. The van der Waals surface area contributed by atoms with Crippen molar-refractivity contribution in [3.8, 4) is 39.5 Å². The largest absolute Gasteiger partial charge is 0.647 e. The Balaban J connectivity index is 1.58. The van der Waals surface area contributed by atoms with Crippen LogP contribution in [0.5, 0.6) is 17.2 Å². The second-order valence-corrected chi connectivity index (χ2v) is 11.1. The van der Waals surface area contributed by atoms with Crippen molar-refractivity contribution in [3.63, 3.8) is 0 Å². The van der Waals surface area contributed by atoms with Crippen LogP contribution in [0.15, 0.2) is 133 Å². The molecule has 0 radical (unpaired) electrons. The molecule has 0 amide bonds. The van der Waals surface area contributed by atoms with E-state index < -0.39 is 7.82 Å². The molecule has 0 atom stereocenters. The number of hydrogen-bond acceptors (Lipinski definition) is 4. The Bertz CT molecular complexity index is 1480. The lowest BCUT2D eigenvalue weighted by Gasteiger charge is -2.23. The highest BCUT2D eigenvalue weighted by molar-refractivity contribution is 7.49. The molecule has 0 unspecified atom stereocenters. The fourth-order valence-electron chi connectivity index (χ4n) is 4.42. The van der Waals surface area contributed by atoms with Gasteiger partial charge in [0, 0.05) is 11.1 Å². The second kappa shape index (κ2) is 12.1. The van der Waals surface area contributed by atoms with Gasteiger partial charge in [0.1, 0.15) is 17.2 Å². The lowest BCUT2D eigenvalue weighted by molar-refractivity contribution is 0.298. The standard InChI is InChI=1S/C34H31O4P/c1-26(2)25-29-19-9-12-22-32(29)36-39(35,37-33-23-13-10-20-30(33)27-15-5-3-6-16-27)38-34-24-14-11-21-31(34)28-17-7-4-8-18-28/h3-24,26H,25H2,1-2H3. The Morgan fingerprint density at radius 3 is 1.38 bits per heavy atom. The van der Waals surface area contributed by atoms with Gasteiger partial charge in [0.25, 0.3) is 0 Å². The van der Waals surface area contributed by atoms with E-state index in [0.29, 0.717) is 23.2 Å². The molecule has 0 fully saturated rings. The molecule has 0 aliphatic heterocycles. The molecular weight excluding hydrogens is 503 g/mol. The van der Waals surface area contributed by atoms with Gasteiger partial charge in [-0.05, 0) is 47.2 Å². The first-order valence-electron chi connectivity index (χ1n) is 13.1. The molecule has 39 heavy (non-hydrogen) atoms. The molecule has 5 aromatic rings. The van der Waals surface area contributed by atoms with Crippen molar-refractivity contribution in [2.24, 2.45) is 5.92 Å². The van der Waals surface area contributed by atoms with Gasteiger partial charge in [-0.2, -0.15) is 4.57 Å². The molecule has 5 aromatic carbocycles. The van der Waals surface area contributed by atoms with Crippen molar-refractivity contribution in [2.45, 2.75) is 20.3 Å². The van der Waals surface area contributed by atoms with Gasteiger partial charge in [-0.25, -0.2) is 0 Å². The monoisotopic (exact) mass is 534 g/mol. The first-order valence-corrected chi connectivity index (χ1v) is 14.5. The molecule has 0 aromatic heterocycles. The smallest absolute Gasteiger partial charge is 0.386 e. The zero-order chi connectivity index (χ0) is 27.1.